The minimum absolute atomic E-state index is 0.0381. The van der Waals surface area contributed by atoms with Gasteiger partial charge in [0.05, 0.1) is 10.6 Å². The Bertz CT molecular complexity index is 542. The topological polar surface area (TPSA) is 72.7 Å². The van der Waals surface area contributed by atoms with Crippen LogP contribution in [0.25, 0.3) is 0 Å². The molecule has 0 aromatic heterocycles. The van der Waals surface area contributed by atoms with E-state index in [1.54, 1.807) is 11.0 Å². The van der Waals surface area contributed by atoms with Crippen LogP contribution in [0.5, 0.6) is 5.75 Å². The van der Waals surface area contributed by atoms with Crippen molar-refractivity contribution in [2.24, 2.45) is 5.92 Å². The predicted molar refractivity (Wildman–Crippen MR) is 75.0 cm³/mol. The lowest BCUT2D eigenvalue weighted by Gasteiger charge is -2.34. The first kappa shape index (κ1) is 14.3. The zero-order valence-corrected chi connectivity index (χ0v) is 11.8. The average Bonchev–Trinajstić information content (AvgIpc) is 2.40. The number of rotatable bonds is 4. The van der Waals surface area contributed by atoms with Gasteiger partial charge in [0.15, 0.2) is 6.10 Å². The third-order valence-electron chi connectivity index (χ3n) is 3.17. The zero-order valence-electron chi connectivity index (χ0n) is 11.8. The van der Waals surface area contributed by atoms with Crippen LogP contribution in [-0.2, 0) is 4.79 Å². The highest BCUT2D eigenvalue weighted by atomic mass is 16.6. The van der Waals surface area contributed by atoms with E-state index in [1.807, 2.05) is 20.8 Å². The Morgan fingerprint density at radius 1 is 1.45 bits per heavy atom. The molecule has 0 N–H and O–H groups in total. The predicted octanol–water partition coefficient (Wildman–Crippen LogP) is 2.75. The van der Waals surface area contributed by atoms with E-state index in [2.05, 4.69) is 0 Å². The summed E-state index contributed by atoms with van der Waals surface area (Å²) in [5.41, 5.74) is 0.450. The Hall–Kier alpha value is -2.11. The number of non-ortho nitro benzene ring substituents is 1. The van der Waals surface area contributed by atoms with E-state index >= 15 is 0 Å². The molecule has 1 aromatic rings. The molecule has 2 rings (SSSR count). The lowest BCUT2D eigenvalue weighted by atomic mass is 10.1. The zero-order chi connectivity index (χ0) is 14.9. The molecule has 108 valence electrons. The number of anilines is 1. The lowest BCUT2D eigenvalue weighted by molar-refractivity contribution is -0.384. The van der Waals surface area contributed by atoms with Gasteiger partial charge in [0.1, 0.15) is 5.75 Å². The van der Waals surface area contributed by atoms with Gasteiger partial charge < -0.3 is 9.64 Å². The summed E-state index contributed by atoms with van der Waals surface area (Å²) in [4.78, 5) is 24.4. The summed E-state index contributed by atoms with van der Waals surface area (Å²) >= 11 is 0. The summed E-state index contributed by atoms with van der Waals surface area (Å²) in [6.45, 7) is 6.40. The molecular formula is C14H18N2O4. The monoisotopic (exact) mass is 278 g/mol. The number of benzene rings is 1. The standard InChI is InChI=1S/C14H18N2O4/c1-4-12-14(17)15(8-9(2)3)11-7-10(16(18)19)5-6-13(11)20-12/h5-7,9,12H,4,8H2,1-3H3. The summed E-state index contributed by atoms with van der Waals surface area (Å²) in [6.07, 6.45) is 0.0619. The van der Waals surface area contributed by atoms with Gasteiger partial charge in [-0.3, -0.25) is 14.9 Å². The molecule has 1 aliphatic rings. The number of fused-ring (bicyclic) bond motifs is 1. The van der Waals surface area contributed by atoms with Crippen molar-refractivity contribution in [2.75, 3.05) is 11.4 Å². The highest BCUT2D eigenvalue weighted by Crippen LogP contribution is 2.37. The van der Waals surface area contributed by atoms with Crippen LogP contribution < -0.4 is 9.64 Å². The maximum Gasteiger partial charge on any atom is 0.271 e. The molecule has 0 aliphatic carbocycles. The van der Waals surface area contributed by atoms with Crippen LogP contribution in [-0.4, -0.2) is 23.5 Å². The molecule has 1 aromatic carbocycles. The molecule has 1 atom stereocenters. The van der Waals surface area contributed by atoms with Gasteiger partial charge in [-0.15, -0.1) is 0 Å². The van der Waals surface area contributed by atoms with E-state index in [-0.39, 0.29) is 17.5 Å². The van der Waals surface area contributed by atoms with E-state index in [4.69, 9.17) is 4.74 Å². The number of hydrogen-bond acceptors (Lipinski definition) is 4. The van der Waals surface area contributed by atoms with Gasteiger partial charge in [-0.2, -0.15) is 0 Å². The molecule has 1 unspecified atom stereocenters. The second-order valence-electron chi connectivity index (χ2n) is 5.27. The van der Waals surface area contributed by atoms with Gasteiger partial charge in [-0.05, 0) is 18.4 Å². The van der Waals surface area contributed by atoms with Crippen LogP contribution in [0.4, 0.5) is 11.4 Å². The van der Waals surface area contributed by atoms with Crippen molar-refractivity contribution in [3.8, 4) is 5.75 Å². The van der Waals surface area contributed by atoms with Crippen molar-refractivity contribution in [1.82, 2.24) is 0 Å². The lowest BCUT2D eigenvalue weighted by Crippen LogP contribution is -2.47. The number of nitro groups is 1. The van der Waals surface area contributed by atoms with Gasteiger partial charge in [0.2, 0.25) is 0 Å². The number of carbonyl (C=O) groups excluding carboxylic acids is 1. The number of nitro benzene ring substituents is 1. The second kappa shape index (κ2) is 5.48. The van der Waals surface area contributed by atoms with Gasteiger partial charge in [-0.25, -0.2) is 0 Å². The molecule has 20 heavy (non-hydrogen) atoms. The summed E-state index contributed by atoms with van der Waals surface area (Å²) in [6, 6.07) is 4.37. The van der Waals surface area contributed by atoms with E-state index in [9.17, 15) is 14.9 Å². The molecule has 0 fully saturated rings. The Balaban J connectivity index is 2.47. The fourth-order valence-electron chi connectivity index (χ4n) is 2.24. The number of carbonyl (C=O) groups is 1. The molecule has 1 amide bonds. The fraction of sp³-hybridized carbons (Fsp3) is 0.500. The van der Waals surface area contributed by atoms with E-state index < -0.39 is 11.0 Å². The van der Waals surface area contributed by atoms with Crippen molar-refractivity contribution in [3.63, 3.8) is 0 Å². The summed E-state index contributed by atoms with van der Waals surface area (Å²) in [5, 5.41) is 10.9. The van der Waals surface area contributed by atoms with Crippen molar-refractivity contribution in [3.05, 3.63) is 28.3 Å². The SMILES string of the molecule is CCC1Oc2ccc([N+](=O)[O-])cc2N(CC(C)C)C1=O. The van der Waals surface area contributed by atoms with Gasteiger partial charge in [0.25, 0.3) is 11.6 Å². The molecule has 0 saturated carbocycles. The van der Waals surface area contributed by atoms with Crippen LogP contribution in [0.2, 0.25) is 0 Å². The summed E-state index contributed by atoms with van der Waals surface area (Å²) < 4.78 is 5.63. The van der Waals surface area contributed by atoms with Crippen LogP contribution in [0.3, 0.4) is 0 Å². The van der Waals surface area contributed by atoms with Gasteiger partial charge in [-0.1, -0.05) is 20.8 Å². The van der Waals surface area contributed by atoms with Crippen LogP contribution in [0.1, 0.15) is 27.2 Å². The van der Waals surface area contributed by atoms with Crippen molar-refractivity contribution in [2.45, 2.75) is 33.3 Å². The third-order valence-corrected chi connectivity index (χ3v) is 3.17. The quantitative estimate of drug-likeness (QED) is 0.627. The maximum atomic E-state index is 12.4. The van der Waals surface area contributed by atoms with Crippen LogP contribution >= 0.6 is 0 Å². The maximum absolute atomic E-state index is 12.4. The Kier molecular flexibility index (Phi) is 3.92. The van der Waals surface area contributed by atoms with Gasteiger partial charge in [0, 0.05) is 18.7 Å². The second-order valence-corrected chi connectivity index (χ2v) is 5.27. The number of ether oxygens (including phenoxy) is 1. The Morgan fingerprint density at radius 2 is 2.15 bits per heavy atom. The third kappa shape index (κ3) is 2.59. The molecule has 6 heteroatoms. The van der Waals surface area contributed by atoms with Crippen molar-refractivity contribution < 1.29 is 14.5 Å². The van der Waals surface area contributed by atoms with Crippen LogP contribution in [0, 0.1) is 16.0 Å². The molecule has 1 aliphatic heterocycles. The molecule has 0 bridgehead atoms. The first-order valence-corrected chi connectivity index (χ1v) is 6.70. The van der Waals surface area contributed by atoms with E-state index in [0.29, 0.717) is 24.4 Å². The smallest absolute Gasteiger partial charge is 0.271 e. The largest absolute Gasteiger partial charge is 0.478 e. The number of amides is 1. The van der Waals surface area contributed by atoms with Gasteiger partial charge >= 0.3 is 0 Å². The number of hydrogen-bond donors (Lipinski definition) is 0. The average molecular weight is 278 g/mol. The molecule has 1 heterocycles. The molecular weight excluding hydrogens is 260 g/mol. The first-order valence-electron chi connectivity index (χ1n) is 6.70. The summed E-state index contributed by atoms with van der Waals surface area (Å²) in [7, 11) is 0. The Morgan fingerprint density at radius 3 is 2.70 bits per heavy atom. The van der Waals surface area contributed by atoms with Crippen LogP contribution in [0.15, 0.2) is 18.2 Å². The normalized spacial score (nSPS) is 17.9. The van der Waals surface area contributed by atoms with E-state index in [0.717, 1.165) is 0 Å². The Labute approximate surface area is 117 Å². The molecule has 0 radical (unpaired) electrons. The van der Waals surface area contributed by atoms with Crippen molar-refractivity contribution in [1.29, 1.82) is 0 Å². The fourth-order valence-corrected chi connectivity index (χ4v) is 2.24. The molecule has 6 nitrogen and oxygen atoms in total. The number of nitrogens with zero attached hydrogens (tertiary/aromatic N) is 2. The highest BCUT2D eigenvalue weighted by molar-refractivity contribution is 6.00. The highest BCUT2D eigenvalue weighted by Gasteiger charge is 2.34. The molecule has 0 spiro atoms. The van der Waals surface area contributed by atoms with E-state index in [1.165, 1.54) is 12.1 Å². The van der Waals surface area contributed by atoms with Crippen molar-refractivity contribution >= 4 is 17.3 Å². The molecule has 0 saturated heterocycles. The summed E-state index contributed by atoms with van der Waals surface area (Å²) in [5.74, 6) is 0.665. The minimum Gasteiger partial charge on any atom is -0.478 e. The first-order chi connectivity index (χ1) is 9.43. The minimum atomic E-state index is -0.511.